The van der Waals surface area contributed by atoms with E-state index in [9.17, 15) is 4.79 Å². The van der Waals surface area contributed by atoms with Gasteiger partial charge in [-0.05, 0) is 12.1 Å². The Labute approximate surface area is 175 Å². The summed E-state index contributed by atoms with van der Waals surface area (Å²) in [7, 11) is 3.47. The van der Waals surface area contributed by atoms with Crippen LogP contribution < -0.4 is 15.0 Å². The van der Waals surface area contributed by atoms with E-state index in [1.54, 1.807) is 30.4 Å². The molecule has 2 aromatic heterocycles. The van der Waals surface area contributed by atoms with Crippen molar-refractivity contribution in [3.05, 3.63) is 49.1 Å². The Hall–Kier alpha value is -3.46. The molecule has 3 aromatic rings. The Morgan fingerprint density at radius 3 is 2.67 bits per heavy atom. The van der Waals surface area contributed by atoms with E-state index in [4.69, 9.17) is 9.72 Å². The molecular formula is C21H25N7O2. The van der Waals surface area contributed by atoms with Gasteiger partial charge in [-0.3, -0.25) is 19.4 Å². The second-order valence-corrected chi connectivity index (χ2v) is 7.18. The molecular weight excluding hydrogens is 382 g/mol. The van der Waals surface area contributed by atoms with Crippen LogP contribution in [0, 0.1) is 0 Å². The molecule has 30 heavy (non-hydrogen) atoms. The summed E-state index contributed by atoms with van der Waals surface area (Å²) in [4.78, 5) is 25.9. The van der Waals surface area contributed by atoms with Crippen molar-refractivity contribution in [3.63, 3.8) is 0 Å². The molecule has 0 bridgehead atoms. The van der Waals surface area contributed by atoms with Crippen LogP contribution in [0.2, 0.25) is 0 Å². The van der Waals surface area contributed by atoms with Crippen LogP contribution in [0.1, 0.15) is 0 Å². The topological polar surface area (TPSA) is 88.4 Å². The van der Waals surface area contributed by atoms with Crippen LogP contribution in [-0.4, -0.2) is 70.4 Å². The Morgan fingerprint density at radius 2 is 1.93 bits per heavy atom. The van der Waals surface area contributed by atoms with Crippen molar-refractivity contribution >= 4 is 17.4 Å². The van der Waals surface area contributed by atoms with Crippen molar-refractivity contribution in [1.29, 1.82) is 0 Å². The molecule has 0 atom stereocenters. The molecule has 0 unspecified atom stereocenters. The maximum atomic E-state index is 12.5. The fourth-order valence-electron chi connectivity index (χ4n) is 3.48. The number of methoxy groups -OCH3 is 1. The second-order valence-electron chi connectivity index (χ2n) is 7.18. The lowest BCUT2D eigenvalue weighted by atomic mass is 10.2. The van der Waals surface area contributed by atoms with Gasteiger partial charge in [0.2, 0.25) is 5.91 Å². The largest absolute Gasteiger partial charge is 0.495 e. The first-order valence-electron chi connectivity index (χ1n) is 9.83. The van der Waals surface area contributed by atoms with E-state index < -0.39 is 0 Å². The highest BCUT2D eigenvalue weighted by molar-refractivity contribution is 5.93. The van der Waals surface area contributed by atoms with Gasteiger partial charge in [0.25, 0.3) is 0 Å². The monoisotopic (exact) mass is 407 g/mol. The number of benzene rings is 1. The lowest BCUT2D eigenvalue weighted by Crippen LogP contribution is -2.49. The Balaban J connectivity index is 1.32. The third kappa shape index (κ3) is 4.57. The van der Waals surface area contributed by atoms with Gasteiger partial charge in [-0.15, -0.1) is 0 Å². The van der Waals surface area contributed by atoms with Crippen LogP contribution in [0.3, 0.4) is 0 Å². The number of para-hydroxylation sites is 2. The first-order valence-corrected chi connectivity index (χ1v) is 9.83. The normalized spacial score (nSPS) is 14.5. The number of hydrogen-bond acceptors (Lipinski definition) is 7. The van der Waals surface area contributed by atoms with Crippen molar-refractivity contribution < 1.29 is 9.53 Å². The number of aromatic nitrogens is 4. The van der Waals surface area contributed by atoms with E-state index in [1.807, 2.05) is 37.5 Å². The van der Waals surface area contributed by atoms with Gasteiger partial charge in [-0.1, -0.05) is 12.1 Å². The summed E-state index contributed by atoms with van der Waals surface area (Å²) in [5.41, 5.74) is 2.43. The van der Waals surface area contributed by atoms with E-state index in [0.29, 0.717) is 18.0 Å². The molecule has 1 aliphatic rings. The predicted molar refractivity (Wildman–Crippen MR) is 115 cm³/mol. The zero-order valence-corrected chi connectivity index (χ0v) is 17.2. The van der Waals surface area contributed by atoms with Crippen molar-refractivity contribution in [3.8, 4) is 17.0 Å². The Morgan fingerprint density at radius 1 is 1.13 bits per heavy atom. The first-order chi connectivity index (χ1) is 14.6. The summed E-state index contributed by atoms with van der Waals surface area (Å²) in [6.07, 6.45) is 7.24. The molecule has 1 saturated heterocycles. The average Bonchev–Trinajstić information content (AvgIpc) is 3.21. The number of hydrogen-bond donors (Lipinski definition) is 1. The molecule has 156 valence electrons. The summed E-state index contributed by atoms with van der Waals surface area (Å²) in [5.74, 6) is 1.45. The molecule has 1 N–H and O–H groups in total. The molecule has 1 amide bonds. The molecule has 9 nitrogen and oxygen atoms in total. The molecule has 1 aromatic carbocycles. The van der Waals surface area contributed by atoms with Gasteiger partial charge in [0.15, 0.2) is 0 Å². The minimum Gasteiger partial charge on any atom is -0.495 e. The zero-order valence-electron chi connectivity index (χ0n) is 17.2. The van der Waals surface area contributed by atoms with Crippen LogP contribution in [0.25, 0.3) is 11.3 Å². The predicted octanol–water partition coefficient (Wildman–Crippen LogP) is 1.65. The smallest absolute Gasteiger partial charge is 0.238 e. The quantitative estimate of drug-likeness (QED) is 0.665. The highest BCUT2D eigenvalue weighted by Crippen LogP contribution is 2.23. The third-order valence-corrected chi connectivity index (χ3v) is 5.07. The maximum Gasteiger partial charge on any atom is 0.238 e. The molecule has 0 aliphatic carbocycles. The average molecular weight is 407 g/mol. The van der Waals surface area contributed by atoms with Crippen molar-refractivity contribution in [2.75, 3.05) is 50.1 Å². The Kier molecular flexibility index (Phi) is 5.89. The number of amides is 1. The molecule has 0 spiro atoms. The third-order valence-electron chi connectivity index (χ3n) is 5.07. The minimum absolute atomic E-state index is 0.0497. The number of nitrogens with zero attached hydrogens (tertiary/aromatic N) is 6. The van der Waals surface area contributed by atoms with E-state index in [-0.39, 0.29) is 5.91 Å². The summed E-state index contributed by atoms with van der Waals surface area (Å²) >= 11 is 0. The van der Waals surface area contributed by atoms with Gasteiger partial charge >= 0.3 is 0 Å². The van der Waals surface area contributed by atoms with Gasteiger partial charge in [-0.25, -0.2) is 4.98 Å². The highest BCUT2D eigenvalue weighted by atomic mass is 16.5. The van der Waals surface area contributed by atoms with E-state index in [0.717, 1.165) is 43.3 Å². The van der Waals surface area contributed by atoms with E-state index in [1.165, 1.54) is 0 Å². The molecule has 9 heteroatoms. The van der Waals surface area contributed by atoms with Crippen molar-refractivity contribution in [1.82, 2.24) is 24.6 Å². The SMILES string of the molecule is COc1ccccc1NC(=O)CN1CCN(c2cncc(-c3cnn(C)c3)n2)CC1. The summed E-state index contributed by atoms with van der Waals surface area (Å²) in [6, 6.07) is 7.41. The van der Waals surface area contributed by atoms with Gasteiger partial charge in [0.1, 0.15) is 11.6 Å². The van der Waals surface area contributed by atoms with Crippen LogP contribution in [0.5, 0.6) is 5.75 Å². The van der Waals surface area contributed by atoms with E-state index in [2.05, 4.69) is 25.2 Å². The second kappa shape index (κ2) is 8.91. The van der Waals surface area contributed by atoms with Crippen molar-refractivity contribution in [2.45, 2.75) is 0 Å². The first kappa shape index (κ1) is 19.8. The molecule has 3 heterocycles. The van der Waals surface area contributed by atoms with Gasteiger partial charge < -0.3 is 15.0 Å². The highest BCUT2D eigenvalue weighted by Gasteiger charge is 2.21. The molecule has 0 saturated carbocycles. The van der Waals surface area contributed by atoms with Gasteiger partial charge in [0.05, 0.1) is 43.6 Å². The summed E-state index contributed by atoms with van der Waals surface area (Å²) in [5, 5.41) is 7.13. The van der Waals surface area contributed by atoms with Crippen LogP contribution in [0.4, 0.5) is 11.5 Å². The molecule has 0 radical (unpaired) electrons. The number of carbonyl (C=O) groups excluding carboxylic acids is 1. The fourth-order valence-corrected chi connectivity index (χ4v) is 3.48. The van der Waals surface area contributed by atoms with Gasteiger partial charge in [0, 0.05) is 45.0 Å². The number of piperazine rings is 1. The maximum absolute atomic E-state index is 12.5. The van der Waals surface area contributed by atoms with Gasteiger partial charge in [-0.2, -0.15) is 5.10 Å². The van der Waals surface area contributed by atoms with E-state index >= 15 is 0 Å². The standard InChI is InChI=1S/C21H25N7O2/c1-26-14-16(11-23-26)18-12-22-13-20(24-18)28-9-7-27(8-10-28)15-21(29)25-17-5-3-4-6-19(17)30-2/h3-6,11-14H,7-10,15H2,1-2H3,(H,25,29). The number of aryl methyl sites for hydroxylation is 1. The Bertz CT molecular complexity index is 1010. The van der Waals surface area contributed by atoms with Crippen LogP contribution >= 0.6 is 0 Å². The van der Waals surface area contributed by atoms with Crippen LogP contribution in [-0.2, 0) is 11.8 Å². The lowest BCUT2D eigenvalue weighted by Gasteiger charge is -2.34. The summed E-state index contributed by atoms with van der Waals surface area (Å²) in [6.45, 7) is 3.46. The number of ether oxygens (including phenoxy) is 1. The molecule has 4 rings (SSSR count). The lowest BCUT2D eigenvalue weighted by molar-refractivity contribution is -0.117. The molecule has 1 aliphatic heterocycles. The minimum atomic E-state index is -0.0497. The van der Waals surface area contributed by atoms with Crippen molar-refractivity contribution in [2.24, 2.45) is 7.05 Å². The van der Waals surface area contributed by atoms with Crippen LogP contribution in [0.15, 0.2) is 49.1 Å². The zero-order chi connectivity index (χ0) is 20.9. The number of carbonyl (C=O) groups is 1. The number of nitrogens with one attached hydrogen (secondary N) is 1. The molecule has 1 fully saturated rings. The summed E-state index contributed by atoms with van der Waals surface area (Å²) < 4.78 is 7.04. The number of rotatable bonds is 6. The fraction of sp³-hybridized carbons (Fsp3) is 0.333. The number of anilines is 2.